The maximum atomic E-state index is 13.1. The SMILES string of the molecule is CC/C=C\C/C=C\C/C=C\C/C=C\C/C=C\C/C=C\C/C=C\C/C=C\C/C=C\C/C=C\C/C=C\CCCCCCCC(=O)NC(COP(=O)([O-])OCC[N+](C)(C)C)C(O)CCCCCCCCCCCCCCCCCCCCCCCCCCCCCC. The minimum absolute atomic E-state index is 0.00191. The fourth-order valence-corrected chi connectivity index (χ4v) is 11.2. The Labute approximate surface area is 551 Å². The molecule has 0 saturated heterocycles. The summed E-state index contributed by atoms with van der Waals surface area (Å²) in [5.41, 5.74) is 0. The summed E-state index contributed by atoms with van der Waals surface area (Å²) in [6.07, 6.45) is 104. The van der Waals surface area contributed by atoms with Crippen LogP contribution < -0.4 is 10.2 Å². The van der Waals surface area contributed by atoms with Crippen LogP contribution in [0.3, 0.4) is 0 Å². The number of carbonyl (C=O) groups excluding carboxylic acids is 1. The Morgan fingerprint density at radius 3 is 1.00 bits per heavy atom. The van der Waals surface area contributed by atoms with Gasteiger partial charge in [0.2, 0.25) is 5.91 Å². The lowest BCUT2D eigenvalue weighted by Gasteiger charge is -2.30. The lowest BCUT2D eigenvalue weighted by molar-refractivity contribution is -0.870. The van der Waals surface area contributed by atoms with Crippen molar-refractivity contribution in [2.45, 2.75) is 328 Å². The van der Waals surface area contributed by atoms with Crippen molar-refractivity contribution in [2.75, 3.05) is 40.9 Å². The Kier molecular flexibility index (Phi) is 66.4. The third-order valence-corrected chi connectivity index (χ3v) is 17.1. The molecule has 8 nitrogen and oxygen atoms in total. The number of likely N-dealkylation sites (N-methyl/N-ethyl adjacent to an activating group) is 1. The quantitative estimate of drug-likeness (QED) is 0.0272. The molecule has 0 bridgehead atoms. The van der Waals surface area contributed by atoms with Crippen LogP contribution in [-0.4, -0.2) is 68.5 Å². The maximum Gasteiger partial charge on any atom is 0.268 e. The predicted molar refractivity (Wildman–Crippen MR) is 389 cm³/mol. The molecule has 0 heterocycles. The van der Waals surface area contributed by atoms with E-state index in [4.69, 9.17) is 9.05 Å². The van der Waals surface area contributed by atoms with Crippen molar-refractivity contribution < 1.29 is 32.9 Å². The van der Waals surface area contributed by atoms with Gasteiger partial charge in [-0.05, 0) is 96.3 Å². The van der Waals surface area contributed by atoms with E-state index in [1.165, 1.54) is 161 Å². The standard InChI is InChI=1S/C80H141N2O6P/c1-6-8-10-12-14-16-18-20-22-24-26-28-30-32-34-36-37-38-39-40-41-42-43-44-45-46-48-50-52-54-56-58-60-62-64-66-68-70-72-74-80(84)81-78(77-88-89(85,86)87-76-75-82(3,4)5)79(83)73-71-69-67-65-63-61-59-57-55-53-51-49-47-35-33-31-29-27-25-23-21-19-17-15-13-11-9-7-2/h8,10,14,16,20,22,26,28,32,34,37-38,40-41,43-44,46,48,52,54,58,60,78-79,83H,6-7,9,11-13,15,17-19,21,23-25,27,29-31,33,35-36,39,42,45,47,49-51,53,55-57,59,61-77H2,1-5H3,(H-,81,84,85,86)/b10-8-,16-14-,22-20-,28-26-,34-32-,38-37-,41-40-,44-43-,48-46-,54-52-,60-58-. The van der Waals surface area contributed by atoms with E-state index in [1.807, 2.05) is 21.1 Å². The molecule has 0 fully saturated rings. The van der Waals surface area contributed by atoms with E-state index in [0.717, 1.165) is 128 Å². The fraction of sp³-hybridized carbons (Fsp3) is 0.713. The van der Waals surface area contributed by atoms with Gasteiger partial charge < -0.3 is 28.8 Å². The van der Waals surface area contributed by atoms with Gasteiger partial charge in [-0.2, -0.15) is 0 Å². The number of allylic oxidation sites excluding steroid dienone is 22. The first-order valence-electron chi connectivity index (χ1n) is 37.0. The average molecular weight is 1260 g/mol. The molecule has 1 amide bonds. The van der Waals surface area contributed by atoms with Crippen LogP contribution in [0.2, 0.25) is 0 Å². The zero-order chi connectivity index (χ0) is 64.8. The molecule has 0 aliphatic rings. The van der Waals surface area contributed by atoms with E-state index >= 15 is 0 Å². The topological polar surface area (TPSA) is 108 Å². The summed E-state index contributed by atoms with van der Waals surface area (Å²) in [6, 6.07) is -0.823. The van der Waals surface area contributed by atoms with Crippen LogP contribution in [0, 0.1) is 0 Å². The van der Waals surface area contributed by atoms with Crippen molar-refractivity contribution in [3.8, 4) is 0 Å². The summed E-state index contributed by atoms with van der Waals surface area (Å²) < 4.78 is 23.5. The van der Waals surface area contributed by atoms with Gasteiger partial charge in [0.25, 0.3) is 7.82 Å². The lowest BCUT2D eigenvalue weighted by atomic mass is 10.0. The molecule has 0 spiro atoms. The number of phosphoric acid groups is 1. The number of carbonyl (C=O) groups is 1. The summed E-state index contributed by atoms with van der Waals surface area (Å²) in [7, 11) is 1.28. The Morgan fingerprint density at radius 1 is 0.404 bits per heavy atom. The summed E-state index contributed by atoms with van der Waals surface area (Å²) >= 11 is 0. The third kappa shape index (κ3) is 71.9. The van der Waals surface area contributed by atoms with Crippen molar-refractivity contribution in [1.29, 1.82) is 0 Å². The highest BCUT2D eigenvalue weighted by Gasteiger charge is 2.24. The van der Waals surface area contributed by atoms with Crippen LogP contribution in [0.1, 0.15) is 316 Å². The molecule has 512 valence electrons. The van der Waals surface area contributed by atoms with Crippen LogP contribution in [-0.2, 0) is 18.4 Å². The molecule has 0 aliphatic heterocycles. The van der Waals surface area contributed by atoms with Gasteiger partial charge in [0, 0.05) is 6.42 Å². The molecule has 2 N–H and O–H groups in total. The number of nitrogens with zero attached hydrogens (tertiary/aromatic N) is 1. The largest absolute Gasteiger partial charge is 0.756 e. The van der Waals surface area contributed by atoms with Gasteiger partial charge in [-0.3, -0.25) is 9.36 Å². The van der Waals surface area contributed by atoms with E-state index in [1.54, 1.807) is 0 Å². The minimum atomic E-state index is -4.60. The van der Waals surface area contributed by atoms with Crippen LogP contribution in [0.15, 0.2) is 134 Å². The lowest BCUT2D eigenvalue weighted by Crippen LogP contribution is -2.46. The molecule has 0 saturated carbocycles. The molecule has 0 rings (SSSR count). The Bertz CT molecular complexity index is 1920. The molecule has 9 heteroatoms. The highest BCUT2D eigenvalue weighted by Crippen LogP contribution is 2.38. The van der Waals surface area contributed by atoms with Crippen LogP contribution in [0.4, 0.5) is 0 Å². The van der Waals surface area contributed by atoms with Crippen LogP contribution in [0.25, 0.3) is 0 Å². The minimum Gasteiger partial charge on any atom is -0.756 e. The first-order valence-corrected chi connectivity index (χ1v) is 38.5. The molecule has 3 atom stereocenters. The van der Waals surface area contributed by atoms with E-state index in [0.29, 0.717) is 23.9 Å². The van der Waals surface area contributed by atoms with E-state index < -0.39 is 20.0 Å². The second kappa shape index (κ2) is 69.0. The van der Waals surface area contributed by atoms with Gasteiger partial charge in [-0.15, -0.1) is 0 Å². The molecule has 3 unspecified atom stereocenters. The number of quaternary nitrogens is 1. The second-order valence-electron chi connectivity index (χ2n) is 25.9. The van der Waals surface area contributed by atoms with Gasteiger partial charge in [0.05, 0.1) is 39.9 Å². The number of nitrogens with one attached hydrogen (secondary N) is 1. The van der Waals surface area contributed by atoms with Crippen molar-refractivity contribution in [2.24, 2.45) is 0 Å². The monoisotopic (exact) mass is 1260 g/mol. The third-order valence-electron chi connectivity index (χ3n) is 16.2. The fourth-order valence-electron chi connectivity index (χ4n) is 10.5. The summed E-state index contributed by atoms with van der Waals surface area (Å²) in [4.78, 5) is 25.7. The normalized spacial score (nSPS) is 14.4. The van der Waals surface area contributed by atoms with Crippen molar-refractivity contribution in [3.05, 3.63) is 134 Å². The summed E-state index contributed by atoms with van der Waals surface area (Å²) in [5, 5.41) is 14.1. The number of aliphatic hydroxyl groups excluding tert-OH is 1. The summed E-state index contributed by atoms with van der Waals surface area (Å²) in [6.45, 7) is 4.61. The smallest absolute Gasteiger partial charge is 0.268 e. The Morgan fingerprint density at radius 2 is 0.685 bits per heavy atom. The first kappa shape index (κ1) is 85.6. The number of hydrogen-bond donors (Lipinski definition) is 2. The Hall–Kier alpha value is -3.36. The highest BCUT2D eigenvalue weighted by molar-refractivity contribution is 7.45. The van der Waals surface area contributed by atoms with Crippen LogP contribution >= 0.6 is 7.82 Å². The highest BCUT2D eigenvalue weighted by atomic mass is 31.2. The average Bonchev–Trinajstić information content (AvgIpc) is 3.55. The van der Waals surface area contributed by atoms with Crippen molar-refractivity contribution in [1.82, 2.24) is 5.32 Å². The first-order chi connectivity index (χ1) is 43.5. The molecular formula is C80H141N2O6P. The molecular weight excluding hydrogens is 1120 g/mol. The van der Waals surface area contributed by atoms with Crippen molar-refractivity contribution >= 4 is 13.7 Å². The van der Waals surface area contributed by atoms with E-state index in [2.05, 4.69) is 153 Å². The van der Waals surface area contributed by atoms with Crippen LogP contribution in [0.5, 0.6) is 0 Å². The van der Waals surface area contributed by atoms with Gasteiger partial charge in [0.15, 0.2) is 0 Å². The number of phosphoric ester groups is 1. The zero-order valence-electron chi connectivity index (χ0n) is 58.6. The number of unbranched alkanes of at least 4 members (excludes halogenated alkanes) is 32. The van der Waals surface area contributed by atoms with Gasteiger partial charge >= 0.3 is 0 Å². The van der Waals surface area contributed by atoms with E-state index in [9.17, 15) is 19.4 Å². The second-order valence-corrected chi connectivity index (χ2v) is 27.3. The molecule has 89 heavy (non-hydrogen) atoms. The van der Waals surface area contributed by atoms with E-state index in [-0.39, 0.29) is 19.1 Å². The number of aliphatic hydroxyl groups is 1. The number of hydrogen-bond acceptors (Lipinski definition) is 6. The maximum absolute atomic E-state index is 13.1. The van der Waals surface area contributed by atoms with Gasteiger partial charge in [-0.25, -0.2) is 0 Å². The van der Waals surface area contributed by atoms with Gasteiger partial charge in [-0.1, -0.05) is 347 Å². The van der Waals surface area contributed by atoms with Gasteiger partial charge in [0.1, 0.15) is 13.2 Å². The molecule has 0 aromatic carbocycles. The predicted octanol–water partition coefficient (Wildman–Crippen LogP) is 23.5. The zero-order valence-corrected chi connectivity index (χ0v) is 59.5. The molecule has 0 aromatic heterocycles. The number of amides is 1. The van der Waals surface area contributed by atoms with Crippen molar-refractivity contribution in [3.63, 3.8) is 0 Å². The Balaban J connectivity index is 4.13. The molecule has 0 aliphatic carbocycles. The molecule has 0 aromatic rings. The number of rotatable bonds is 67. The molecule has 0 radical (unpaired) electrons. The summed E-state index contributed by atoms with van der Waals surface area (Å²) in [5.74, 6) is -0.185.